The van der Waals surface area contributed by atoms with E-state index in [4.69, 9.17) is 18.0 Å². The van der Waals surface area contributed by atoms with Crippen LogP contribution in [0.25, 0.3) is 0 Å². The van der Waals surface area contributed by atoms with Crippen molar-refractivity contribution >= 4 is 27.2 Å². The first-order chi connectivity index (χ1) is 8.40. The average Bonchev–Trinajstić information content (AvgIpc) is 3.03. The maximum Gasteiger partial charge on any atom is 0.240 e. The van der Waals surface area contributed by atoms with Crippen molar-refractivity contribution in [3.8, 4) is 0 Å². The minimum atomic E-state index is -3.42. The fourth-order valence-corrected chi connectivity index (χ4v) is 3.01. The molecule has 3 N–H and O–H groups in total. The van der Waals surface area contributed by atoms with E-state index in [-0.39, 0.29) is 9.88 Å². The molecule has 98 valence electrons. The molecule has 0 bridgehead atoms. The van der Waals surface area contributed by atoms with Gasteiger partial charge in [0.15, 0.2) is 0 Å². The number of benzene rings is 1. The van der Waals surface area contributed by atoms with Crippen molar-refractivity contribution in [3.63, 3.8) is 0 Å². The van der Waals surface area contributed by atoms with Crippen LogP contribution in [0.3, 0.4) is 0 Å². The Kier molecular flexibility index (Phi) is 3.70. The van der Waals surface area contributed by atoms with Gasteiger partial charge in [-0.2, -0.15) is 0 Å². The Morgan fingerprint density at radius 2 is 2.00 bits per heavy atom. The summed E-state index contributed by atoms with van der Waals surface area (Å²) >= 11 is 4.82. The summed E-state index contributed by atoms with van der Waals surface area (Å²) in [6, 6.07) is 6.29. The first-order valence-corrected chi connectivity index (χ1v) is 7.69. The van der Waals surface area contributed by atoms with Crippen molar-refractivity contribution in [2.24, 2.45) is 17.6 Å². The van der Waals surface area contributed by atoms with Crippen LogP contribution >= 0.6 is 12.2 Å². The minimum Gasteiger partial charge on any atom is -0.389 e. The summed E-state index contributed by atoms with van der Waals surface area (Å²) in [6.07, 6.45) is 1.10. The fraction of sp³-hybridized carbons (Fsp3) is 0.417. The Bertz CT molecular complexity index is 552. The predicted octanol–water partition coefficient (Wildman–Crippen LogP) is 1.26. The van der Waals surface area contributed by atoms with E-state index >= 15 is 0 Å². The molecule has 0 amide bonds. The number of sulfonamides is 1. The van der Waals surface area contributed by atoms with E-state index in [1.54, 1.807) is 12.1 Å². The number of nitrogens with two attached hydrogens (primary N) is 1. The first kappa shape index (κ1) is 13.5. The SMILES string of the molecule is CC1CC1CNS(=O)(=O)c1ccc(C(N)=S)cc1. The van der Waals surface area contributed by atoms with Crippen LogP contribution < -0.4 is 10.5 Å². The molecule has 1 aliphatic carbocycles. The summed E-state index contributed by atoms with van der Waals surface area (Å²) in [4.78, 5) is 0.509. The van der Waals surface area contributed by atoms with Gasteiger partial charge in [-0.05, 0) is 30.4 Å². The van der Waals surface area contributed by atoms with Crippen LogP contribution in [0.5, 0.6) is 0 Å². The summed E-state index contributed by atoms with van der Waals surface area (Å²) in [5.41, 5.74) is 6.13. The van der Waals surface area contributed by atoms with Crippen LogP contribution in [-0.2, 0) is 10.0 Å². The smallest absolute Gasteiger partial charge is 0.240 e. The van der Waals surface area contributed by atoms with Crippen LogP contribution in [-0.4, -0.2) is 20.0 Å². The van der Waals surface area contributed by atoms with E-state index in [2.05, 4.69) is 11.6 Å². The second kappa shape index (κ2) is 4.95. The second-order valence-corrected chi connectivity index (χ2v) is 6.92. The lowest BCUT2D eigenvalue weighted by atomic mass is 10.2. The highest BCUT2D eigenvalue weighted by atomic mass is 32.2. The van der Waals surface area contributed by atoms with Gasteiger partial charge < -0.3 is 5.73 Å². The predicted molar refractivity (Wildman–Crippen MR) is 74.8 cm³/mol. The molecule has 4 nitrogen and oxygen atoms in total. The molecule has 1 aromatic rings. The van der Waals surface area contributed by atoms with E-state index in [9.17, 15) is 8.42 Å². The van der Waals surface area contributed by atoms with Crippen molar-refractivity contribution < 1.29 is 8.42 Å². The van der Waals surface area contributed by atoms with Crippen LogP contribution in [0.15, 0.2) is 29.2 Å². The van der Waals surface area contributed by atoms with Gasteiger partial charge in [0, 0.05) is 12.1 Å². The van der Waals surface area contributed by atoms with Gasteiger partial charge in [-0.3, -0.25) is 0 Å². The number of hydrogen-bond acceptors (Lipinski definition) is 3. The summed E-state index contributed by atoms with van der Waals surface area (Å²) in [6.45, 7) is 2.64. The molecule has 2 atom stereocenters. The maximum atomic E-state index is 12.0. The zero-order valence-electron chi connectivity index (χ0n) is 10.1. The van der Waals surface area contributed by atoms with E-state index in [0.29, 0.717) is 23.9 Å². The van der Waals surface area contributed by atoms with Gasteiger partial charge in [0.25, 0.3) is 0 Å². The number of nitrogens with one attached hydrogen (secondary N) is 1. The third-order valence-corrected chi connectivity index (χ3v) is 4.94. The van der Waals surface area contributed by atoms with Crippen LogP contribution in [0.2, 0.25) is 0 Å². The van der Waals surface area contributed by atoms with Crippen molar-refractivity contribution in [2.45, 2.75) is 18.2 Å². The highest BCUT2D eigenvalue weighted by molar-refractivity contribution is 7.89. The van der Waals surface area contributed by atoms with Crippen molar-refractivity contribution in [1.82, 2.24) is 4.72 Å². The number of rotatable bonds is 5. The van der Waals surface area contributed by atoms with Gasteiger partial charge in [0.05, 0.1) is 4.90 Å². The second-order valence-electron chi connectivity index (χ2n) is 4.71. The molecule has 18 heavy (non-hydrogen) atoms. The normalized spacial score (nSPS) is 22.7. The number of thiocarbonyl (C=S) groups is 1. The average molecular weight is 284 g/mol. The van der Waals surface area contributed by atoms with Crippen LogP contribution in [0, 0.1) is 11.8 Å². The molecule has 1 aromatic carbocycles. The zero-order chi connectivity index (χ0) is 13.3. The minimum absolute atomic E-state index is 0.246. The molecule has 1 saturated carbocycles. The third-order valence-electron chi connectivity index (χ3n) is 3.26. The molecule has 0 aliphatic heterocycles. The molecule has 2 rings (SSSR count). The van der Waals surface area contributed by atoms with Crippen molar-refractivity contribution in [1.29, 1.82) is 0 Å². The van der Waals surface area contributed by atoms with Gasteiger partial charge in [-0.1, -0.05) is 31.3 Å². The Balaban J connectivity index is 2.06. The van der Waals surface area contributed by atoms with Gasteiger partial charge in [0.2, 0.25) is 10.0 Å². The van der Waals surface area contributed by atoms with Gasteiger partial charge >= 0.3 is 0 Å². The summed E-state index contributed by atoms with van der Waals surface area (Å²) in [7, 11) is -3.42. The fourth-order valence-electron chi connectivity index (χ4n) is 1.78. The van der Waals surface area contributed by atoms with Crippen LogP contribution in [0.1, 0.15) is 18.9 Å². The molecular formula is C12H16N2O2S2. The van der Waals surface area contributed by atoms with Gasteiger partial charge in [0.1, 0.15) is 4.99 Å². The summed E-state index contributed by atoms with van der Waals surface area (Å²) < 4.78 is 26.6. The molecule has 0 spiro atoms. The highest BCUT2D eigenvalue weighted by Crippen LogP contribution is 2.37. The number of hydrogen-bond donors (Lipinski definition) is 2. The topological polar surface area (TPSA) is 72.2 Å². The van der Waals surface area contributed by atoms with E-state index in [1.807, 2.05) is 0 Å². The molecular weight excluding hydrogens is 268 g/mol. The Morgan fingerprint density at radius 3 is 2.44 bits per heavy atom. The lowest BCUT2D eigenvalue weighted by Crippen LogP contribution is -2.26. The van der Waals surface area contributed by atoms with E-state index in [0.717, 1.165) is 6.42 Å². The monoisotopic (exact) mass is 284 g/mol. The standard InChI is InChI=1S/C12H16N2O2S2/c1-8-6-10(8)7-14-18(15,16)11-4-2-9(3-5-11)12(13)17/h2-5,8,10,14H,6-7H2,1H3,(H2,13,17). The van der Waals surface area contributed by atoms with Gasteiger partial charge in [-0.25, -0.2) is 13.1 Å². The quantitative estimate of drug-likeness (QED) is 0.798. The highest BCUT2D eigenvalue weighted by Gasteiger charge is 2.33. The molecule has 2 unspecified atom stereocenters. The lowest BCUT2D eigenvalue weighted by molar-refractivity contribution is 0.574. The Hall–Kier alpha value is -0.980. The Morgan fingerprint density at radius 1 is 1.44 bits per heavy atom. The largest absolute Gasteiger partial charge is 0.389 e. The van der Waals surface area contributed by atoms with Crippen molar-refractivity contribution in [3.05, 3.63) is 29.8 Å². The molecule has 6 heteroatoms. The molecule has 0 radical (unpaired) electrons. The van der Waals surface area contributed by atoms with Crippen LogP contribution in [0.4, 0.5) is 0 Å². The molecule has 1 fully saturated rings. The first-order valence-electron chi connectivity index (χ1n) is 5.79. The van der Waals surface area contributed by atoms with E-state index < -0.39 is 10.0 Å². The Labute approximate surface area is 113 Å². The summed E-state index contributed by atoms with van der Waals surface area (Å²) in [5.74, 6) is 1.11. The van der Waals surface area contributed by atoms with E-state index in [1.165, 1.54) is 12.1 Å². The zero-order valence-corrected chi connectivity index (χ0v) is 11.7. The third kappa shape index (κ3) is 3.07. The summed E-state index contributed by atoms with van der Waals surface area (Å²) in [5, 5.41) is 0. The molecule has 0 aromatic heterocycles. The molecule has 0 heterocycles. The molecule has 1 aliphatic rings. The van der Waals surface area contributed by atoms with Crippen molar-refractivity contribution in [2.75, 3.05) is 6.54 Å². The van der Waals surface area contributed by atoms with Gasteiger partial charge in [-0.15, -0.1) is 0 Å². The maximum absolute atomic E-state index is 12.0. The molecule has 0 saturated heterocycles. The lowest BCUT2D eigenvalue weighted by Gasteiger charge is -2.07.